The van der Waals surface area contributed by atoms with Gasteiger partial charge < -0.3 is 14.4 Å². The first-order valence-corrected chi connectivity index (χ1v) is 9.24. The van der Waals surface area contributed by atoms with Gasteiger partial charge in [-0.3, -0.25) is 9.59 Å². The lowest BCUT2D eigenvalue weighted by molar-refractivity contribution is -0.154. The summed E-state index contributed by atoms with van der Waals surface area (Å²) in [5.41, 5.74) is 2.85. The second kappa shape index (κ2) is 9.01. The lowest BCUT2D eigenvalue weighted by atomic mass is 10.1. The van der Waals surface area contributed by atoms with Gasteiger partial charge in [0.15, 0.2) is 5.78 Å². The first kappa shape index (κ1) is 20.1. The molecule has 6 heteroatoms. The number of esters is 1. The molecule has 1 aromatic heterocycles. The van der Waals surface area contributed by atoms with Crippen LogP contribution in [0.25, 0.3) is 17.0 Å². The molecule has 29 heavy (non-hydrogen) atoms. The van der Waals surface area contributed by atoms with E-state index < -0.39 is 24.0 Å². The number of Topliss-reactive ketones (excluding diaryl/α,β-unsaturated/α-hetero) is 1. The van der Waals surface area contributed by atoms with Crippen molar-refractivity contribution in [2.24, 2.45) is 0 Å². The number of hydrogen-bond donors (Lipinski definition) is 1. The van der Waals surface area contributed by atoms with E-state index in [1.807, 2.05) is 42.6 Å². The summed E-state index contributed by atoms with van der Waals surface area (Å²) in [6, 6.07) is 14.8. The number of aromatic hydroxyl groups is 1. The van der Waals surface area contributed by atoms with Gasteiger partial charge in [0.05, 0.1) is 13.0 Å². The maximum Gasteiger partial charge on any atom is 0.375 e. The molecule has 0 unspecified atom stereocenters. The molecule has 0 atom stereocenters. The molecule has 0 amide bonds. The number of ether oxygens (including phenoxy) is 1. The summed E-state index contributed by atoms with van der Waals surface area (Å²) in [4.78, 5) is 35.1. The van der Waals surface area contributed by atoms with E-state index in [4.69, 9.17) is 0 Å². The number of phenolic OH excluding ortho intramolecular Hbond substituents is 1. The highest BCUT2D eigenvalue weighted by molar-refractivity contribution is 6.37. The van der Waals surface area contributed by atoms with Gasteiger partial charge in [-0.05, 0) is 42.8 Å². The Kier molecular flexibility index (Phi) is 6.24. The van der Waals surface area contributed by atoms with Crippen LogP contribution in [0.15, 0.2) is 60.8 Å². The van der Waals surface area contributed by atoms with Crippen molar-refractivity contribution >= 4 is 34.5 Å². The molecule has 0 fully saturated rings. The Morgan fingerprint density at radius 1 is 1.07 bits per heavy atom. The molecule has 3 rings (SSSR count). The smallest absolute Gasteiger partial charge is 0.375 e. The van der Waals surface area contributed by atoms with Crippen LogP contribution in [-0.4, -0.2) is 33.8 Å². The van der Waals surface area contributed by atoms with Gasteiger partial charge >= 0.3 is 5.97 Å². The lowest BCUT2D eigenvalue weighted by Gasteiger charge is -2.05. The van der Waals surface area contributed by atoms with Gasteiger partial charge in [-0.2, -0.15) is 0 Å². The Morgan fingerprint density at radius 2 is 1.79 bits per heavy atom. The molecule has 0 aliphatic carbocycles. The molecule has 0 radical (unpaired) electrons. The van der Waals surface area contributed by atoms with Crippen molar-refractivity contribution in [1.82, 2.24) is 4.57 Å². The average Bonchev–Trinajstić information content (AvgIpc) is 3.06. The van der Waals surface area contributed by atoms with Crippen LogP contribution in [0, 0.1) is 0 Å². The average molecular weight is 391 g/mol. The second-order valence-electron chi connectivity index (χ2n) is 6.52. The fourth-order valence-corrected chi connectivity index (χ4v) is 3.02. The van der Waals surface area contributed by atoms with Crippen LogP contribution >= 0.6 is 0 Å². The van der Waals surface area contributed by atoms with Gasteiger partial charge in [0, 0.05) is 29.2 Å². The fourth-order valence-electron chi connectivity index (χ4n) is 3.02. The van der Waals surface area contributed by atoms with Crippen LogP contribution in [0.1, 0.15) is 24.5 Å². The molecular formula is C23H21NO5. The minimum Gasteiger partial charge on any atom is -0.508 e. The lowest BCUT2D eigenvalue weighted by Crippen LogP contribution is -2.19. The van der Waals surface area contributed by atoms with Crippen molar-refractivity contribution in [3.05, 3.63) is 71.9 Å². The van der Waals surface area contributed by atoms with E-state index in [0.717, 1.165) is 22.0 Å². The Labute approximate surface area is 168 Å². The van der Waals surface area contributed by atoms with Crippen molar-refractivity contribution in [2.75, 3.05) is 6.61 Å². The molecule has 148 valence electrons. The highest BCUT2D eigenvalue weighted by Crippen LogP contribution is 2.24. The quantitative estimate of drug-likeness (QED) is 0.275. The predicted molar refractivity (Wildman–Crippen MR) is 109 cm³/mol. The van der Waals surface area contributed by atoms with Gasteiger partial charge in [-0.15, -0.1) is 0 Å². The molecule has 0 aliphatic heterocycles. The molecule has 0 saturated carbocycles. The van der Waals surface area contributed by atoms with Gasteiger partial charge in [0.2, 0.25) is 5.78 Å². The van der Waals surface area contributed by atoms with Crippen LogP contribution in [-0.2, 0) is 25.7 Å². The number of hydrogen-bond acceptors (Lipinski definition) is 5. The van der Waals surface area contributed by atoms with E-state index in [2.05, 4.69) is 9.30 Å². The van der Waals surface area contributed by atoms with Gasteiger partial charge in [0.1, 0.15) is 5.75 Å². The minimum atomic E-state index is -0.986. The van der Waals surface area contributed by atoms with E-state index in [1.165, 1.54) is 6.08 Å². The number of allylic oxidation sites excluding steroid dienone is 1. The minimum absolute atomic E-state index is 0.0924. The van der Waals surface area contributed by atoms with Crippen molar-refractivity contribution in [3.8, 4) is 5.75 Å². The molecule has 3 aromatic rings. The van der Waals surface area contributed by atoms with Gasteiger partial charge in [-0.25, -0.2) is 4.79 Å². The summed E-state index contributed by atoms with van der Waals surface area (Å²) in [5, 5.41) is 10.4. The van der Waals surface area contributed by atoms with Crippen molar-refractivity contribution in [3.63, 3.8) is 0 Å². The Balaban J connectivity index is 1.80. The predicted octanol–water partition coefficient (Wildman–Crippen LogP) is 3.50. The molecule has 2 aromatic carbocycles. The SMILES string of the molecule is CCOC(=O)C(=O)CC(=O)/C=C/c1cn(Cc2ccc(O)cc2)c2ccccc12. The van der Waals surface area contributed by atoms with Crippen LogP contribution in [0.2, 0.25) is 0 Å². The standard InChI is InChI=1S/C23H21NO5/c1-2-29-23(28)22(27)13-19(26)12-9-17-15-24(21-6-4-3-5-20(17)21)14-16-7-10-18(25)11-8-16/h3-12,15,25H,2,13-14H2,1H3/b12-9+. The Hall–Kier alpha value is -3.67. The van der Waals surface area contributed by atoms with Crippen LogP contribution in [0.4, 0.5) is 0 Å². The first-order valence-electron chi connectivity index (χ1n) is 9.24. The van der Waals surface area contributed by atoms with E-state index in [9.17, 15) is 19.5 Å². The summed E-state index contributed by atoms with van der Waals surface area (Å²) in [7, 11) is 0. The van der Waals surface area contributed by atoms with Gasteiger partial charge in [-0.1, -0.05) is 30.3 Å². The van der Waals surface area contributed by atoms with Gasteiger partial charge in [0.25, 0.3) is 0 Å². The Morgan fingerprint density at radius 3 is 2.52 bits per heavy atom. The molecule has 0 aliphatic rings. The van der Waals surface area contributed by atoms with Crippen molar-refractivity contribution in [2.45, 2.75) is 19.9 Å². The van der Waals surface area contributed by atoms with Crippen molar-refractivity contribution < 1.29 is 24.2 Å². The summed E-state index contributed by atoms with van der Waals surface area (Å²) in [5.74, 6) is -2.08. The maximum atomic E-state index is 12.1. The zero-order chi connectivity index (χ0) is 20.8. The normalized spacial score (nSPS) is 11.1. The molecule has 0 bridgehead atoms. The number of ketones is 2. The number of aromatic nitrogens is 1. The number of nitrogens with zero attached hydrogens (tertiary/aromatic N) is 1. The highest BCUT2D eigenvalue weighted by atomic mass is 16.5. The molecule has 1 N–H and O–H groups in total. The number of carbonyl (C=O) groups excluding carboxylic acids is 3. The molecule has 0 saturated heterocycles. The third-order valence-electron chi connectivity index (χ3n) is 4.40. The molecular weight excluding hydrogens is 370 g/mol. The third-order valence-corrected chi connectivity index (χ3v) is 4.40. The second-order valence-corrected chi connectivity index (χ2v) is 6.52. The topological polar surface area (TPSA) is 85.6 Å². The monoisotopic (exact) mass is 391 g/mol. The molecule has 6 nitrogen and oxygen atoms in total. The van der Waals surface area contributed by atoms with E-state index in [0.29, 0.717) is 6.54 Å². The maximum absolute atomic E-state index is 12.1. The summed E-state index contributed by atoms with van der Waals surface area (Å²) in [6.45, 7) is 2.29. The molecule has 0 spiro atoms. The number of carbonyl (C=O) groups is 3. The van der Waals surface area contributed by atoms with Crippen LogP contribution in [0.3, 0.4) is 0 Å². The van der Waals surface area contributed by atoms with E-state index >= 15 is 0 Å². The number of para-hydroxylation sites is 1. The highest BCUT2D eigenvalue weighted by Gasteiger charge is 2.17. The van der Waals surface area contributed by atoms with E-state index in [1.54, 1.807) is 25.1 Å². The first-order chi connectivity index (χ1) is 14.0. The van der Waals surface area contributed by atoms with Crippen LogP contribution in [0.5, 0.6) is 5.75 Å². The largest absolute Gasteiger partial charge is 0.508 e. The number of rotatable bonds is 8. The fraction of sp³-hybridized carbons (Fsp3) is 0.174. The molecule has 1 heterocycles. The summed E-state index contributed by atoms with van der Waals surface area (Å²) < 4.78 is 6.66. The number of benzene rings is 2. The summed E-state index contributed by atoms with van der Waals surface area (Å²) in [6.07, 6.45) is 4.37. The van der Waals surface area contributed by atoms with Crippen molar-refractivity contribution in [1.29, 1.82) is 0 Å². The van der Waals surface area contributed by atoms with Crippen LogP contribution < -0.4 is 0 Å². The zero-order valence-electron chi connectivity index (χ0n) is 16.0. The zero-order valence-corrected chi connectivity index (χ0v) is 16.0. The Bertz CT molecular complexity index is 1080. The van der Waals surface area contributed by atoms with E-state index in [-0.39, 0.29) is 12.4 Å². The summed E-state index contributed by atoms with van der Waals surface area (Å²) >= 11 is 0. The number of phenols is 1. The number of fused-ring (bicyclic) bond motifs is 1. The third kappa shape index (κ3) is 4.99.